The van der Waals surface area contributed by atoms with Gasteiger partial charge in [0.1, 0.15) is 0 Å². The summed E-state index contributed by atoms with van der Waals surface area (Å²) in [5.74, 6) is 0. The fourth-order valence-corrected chi connectivity index (χ4v) is 1.73. The normalized spacial score (nSPS) is 24.9. The summed E-state index contributed by atoms with van der Waals surface area (Å²) >= 11 is 9.26. The summed E-state index contributed by atoms with van der Waals surface area (Å²) < 4.78 is 0. The highest BCUT2D eigenvalue weighted by Crippen LogP contribution is 2.45. The van der Waals surface area contributed by atoms with Gasteiger partial charge in [-0.3, -0.25) is 0 Å². The van der Waals surface area contributed by atoms with Gasteiger partial charge in [0.2, 0.25) is 0 Å². The van der Waals surface area contributed by atoms with Crippen LogP contribution in [0.1, 0.15) is 19.3 Å². The minimum absolute atomic E-state index is 0.226. The molecule has 0 nitrogen and oxygen atoms in total. The van der Waals surface area contributed by atoms with Crippen molar-refractivity contribution in [2.75, 3.05) is 5.33 Å². The highest BCUT2D eigenvalue weighted by atomic mass is 79.9. The molecule has 0 saturated heterocycles. The number of hydrogen-bond donors (Lipinski definition) is 0. The van der Waals surface area contributed by atoms with Gasteiger partial charge < -0.3 is 0 Å². The van der Waals surface area contributed by atoms with Crippen molar-refractivity contribution in [3.63, 3.8) is 0 Å². The fourth-order valence-electron chi connectivity index (χ4n) is 0.555. The Hall–Kier alpha value is 0.770. The van der Waals surface area contributed by atoms with Crippen LogP contribution >= 0.6 is 27.5 Å². The predicted octanol–water partition coefficient (Wildman–Crippen LogP) is 2.54. The van der Waals surface area contributed by atoms with E-state index in [0.717, 1.165) is 11.8 Å². The van der Waals surface area contributed by atoms with Crippen LogP contribution in [0.2, 0.25) is 0 Å². The van der Waals surface area contributed by atoms with E-state index < -0.39 is 0 Å². The molecule has 2 heteroatoms. The van der Waals surface area contributed by atoms with Gasteiger partial charge in [-0.05, 0) is 19.3 Å². The largest absolute Gasteiger partial charge is 0.119 e. The summed E-state index contributed by atoms with van der Waals surface area (Å²) in [5, 5.41) is 1.05. The molecule has 7 heavy (non-hydrogen) atoms. The van der Waals surface area contributed by atoms with Crippen molar-refractivity contribution in [2.45, 2.75) is 24.1 Å². The Labute approximate surface area is 57.4 Å². The van der Waals surface area contributed by atoms with Gasteiger partial charge in [0, 0.05) is 10.2 Å². The third kappa shape index (κ3) is 1.61. The van der Waals surface area contributed by atoms with Crippen molar-refractivity contribution in [3.8, 4) is 0 Å². The molecule has 0 aromatic heterocycles. The quantitative estimate of drug-likeness (QED) is 0.577. The number of alkyl halides is 2. The lowest BCUT2D eigenvalue weighted by molar-refractivity contribution is 0.855. The van der Waals surface area contributed by atoms with Crippen molar-refractivity contribution in [3.05, 3.63) is 0 Å². The Morgan fingerprint density at radius 3 is 2.29 bits per heavy atom. The molecule has 1 rings (SSSR count). The first-order valence-corrected chi connectivity index (χ1v) is 4.02. The SMILES string of the molecule is ClC1(CCBr)CC1. The van der Waals surface area contributed by atoms with Crippen molar-refractivity contribution < 1.29 is 0 Å². The van der Waals surface area contributed by atoms with Crippen LogP contribution in [0.3, 0.4) is 0 Å². The van der Waals surface area contributed by atoms with Gasteiger partial charge in [-0.1, -0.05) is 15.9 Å². The molecule has 0 aromatic rings. The minimum Gasteiger partial charge on any atom is -0.119 e. The molecule has 0 amide bonds. The molecule has 0 unspecified atom stereocenters. The fraction of sp³-hybridized carbons (Fsp3) is 1.00. The Morgan fingerprint density at radius 1 is 1.57 bits per heavy atom. The van der Waals surface area contributed by atoms with Gasteiger partial charge in [0.05, 0.1) is 0 Å². The molecule has 1 saturated carbocycles. The highest BCUT2D eigenvalue weighted by molar-refractivity contribution is 9.09. The second kappa shape index (κ2) is 1.94. The summed E-state index contributed by atoms with van der Waals surface area (Å²) in [6.07, 6.45) is 3.58. The average Bonchev–Trinajstić information content (AvgIpc) is 2.22. The minimum atomic E-state index is 0.226. The zero-order valence-corrected chi connectivity index (χ0v) is 6.43. The zero-order chi connectivity index (χ0) is 5.33. The maximum atomic E-state index is 5.91. The van der Waals surface area contributed by atoms with Crippen molar-refractivity contribution in [2.24, 2.45) is 0 Å². The monoisotopic (exact) mass is 182 g/mol. The number of rotatable bonds is 2. The van der Waals surface area contributed by atoms with Crippen LogP contribution < -0.4 is 0 Å². The lowest BCUT2D eigenvalue weighted by Crippen LogP contribution is -1.95. The summed E-state index contributed by atoms with van der Waals surface area (Å²) in [5.41, 5.74) is 0. The first-order valence-electron chi connectivity index (χ1n) is 2.52. The molecule has 0 heterocycles. The standard InChI is InChI=1S/C5H8BrCl/c6-4-3-5(7)1-2-5/h1-4H2. The molecular weight excluding hydrogens is 175 g/mol. The lowest BCUT2D eigenvalue weighted by atomic mass is 10.3. The van der Waals surface area contributed by atoms with Crippen LogP contribution in [0, 0.1) is 0 Å². The smallest absolute Gasteiger partial charge is 0.0456 e. The molecule has 42 valence electrons. The molecular formula is C5H8BrCl. The Bertz CT molecular complexity index is 68.5. The van der Waals surface area contributed by atoms with Gasteiger partial charge >= 0.3 is 0 Å². The molecule has 0 aromatic carbocycles. The van der Waals surface area contributed by atoms with Crippen LogP contribution in [0.25, 0.3) is 0 Å². The van der Waals surface area contributed by atoms with E-state index in [2.05, 4.69) is 15.9 Å². The Kier molecular flexibility index (Phi) is 1.64. The summed E-state index contributed by atoms with van der Waals surface area (Å²) in [4.78, 5) is 0.226. The van der Waals surface area contributed by atoms with Crippen LogP contribution in [0.5, 0.6) is 0 Å². The Morgan fingerprint density at radius 2 is 2.14 bits per heavy atom. The second-order valence-corrected chi connectivity index (χ2v) is 3.68. The van der Waals surface area contributed by atoms with E-state index in [9.17, 15) is 0 Å². The van der Waals surface area contributed by atoms with Gasteiger partial charge in [-0.15, -0.1) is 11.6 Å². The first kappa shape index (κ1) is 5.90. The topological polar surface area (TPSA) is 0 Å². The number of hydrogen-bond acceptors (Lipinski definition) is 0. The molecule has 1 aliphatic carbocycles. The van der Waals surface area contributed by atoms with E-state index in [1.165, 1.54) is 12.8 Å². The van der Waals surface area contributed by atoms with E-state index >= 15 is 0 Å². The molecule has 0 aliphatic heterocycles. The van der Waals surface area contributed by atoms with E-state index in [1.807, 2.05) is 0 Å². The zero-order valence-electron chi connectivity index (χ0n) is 4.08. The third-order valence-electron chi connectivity index (χ3n) is 1.34. The predicted molar refractivity (Wildman–Crippen MR) is 36.2 cm³/mol. The van der Waals surface area contributed by atoms with Gasteiger partial charge in [-0.25, -0.2) is 0 Å². The molecule has 0 radical (unpaired) electrons. The third-order valence-corrected chi connectivity index (χ3v) is 2.30. The van der Waals surface area contributed by atoms with E-state index in [-0.39, 0.29) is 4.87 Å². The van der Waals surface area contributed by atoms with E-state index in [1.54, 1.807) is 0 Å². The van der Waals surface area contributed by atoms with E-state index in [0.29, 0.717) is 0 Å². The second-order valence-electron chi connectivity index (χ2n) is 2.09. The van der Waals surface area contributed by atoms with E-state index in [4.69, 9.17) is 11.6 Å². The van der Waals surface area contributed by atoms with Crippen LogP contribution in [-0.2, 0) is 0 Å². The maximum Gasteiger partial charge on any atom is 0.0456 e. The van der Waals surface area contributed by atoms with Gasteiger partial charge in [0.15, 0.2) is 0 Å². The van der Waals surface area contributed by atoms with Crippen molar-refractivity contribution >= 4 is 27.5 Å². The van der Waals surface area contributed by atoms with Gasteiger partial charge in [0.25, 0.3) is 0 Å². The molecule has 0 N–H and O–H groups in total. The lowest BCUT2D eigenvalue weighted by Gasteiger charge is -1.97. The van der Waals surface area contributed by atoms with Crippen molar-refractivity contribution in [1.29, 1.82) is 0 Å². The molecule has 0 bridgehead atoms. The van der Waals surface area contributed by atoms with Gasteiger partial charge in [-0.2, -0.15) is 0 Å². The molecule has 0 atom stereocenters. The summed E-state index contributed by atoms with van der Waals surface area (Å²) in [7, 11) is 0. The Balaban J connectivity index is 2.13. The first-order chi connectivity index (χ1) is 3.27. The van der Waals surface area contributed by atoms with Crippen LogP contribution in [0.4, 0.5) is 0 Å². The summed E-state index contributed by atoms with van der Waals surface area (Å²) in [6, 6.07) is 0. The molecule has 0 spiro atoms. The van der Waals surface area contributed by atoms with Crippen molar-refractivity contribution in [1.82, 2.24) is 0 Å². The molecule has 1 aliphatic rings. The summed E-state index contributed by atoms with van der Waals surface area (Å²) in [6.45, 7) is 0. The molecule has 1 fully saturated rings. The highest BCUT2D eigenvalue weighted by Gasteiger charge is 2.39. The average molecular weight is 183 g/mol. The maximum absolute atomic E-state index is 5.91. The number of halogens is 2. The van der Waals surface area contributed by atoms with Crippen LogP contribution in [-0.4, -0.2) is 10.2 Å². The van der Waals surface area contributed by atoms with Crippen LogP contribution in [0.15, 0.2) is 0 Å².